The number of carbonyl (C=O) groups excluding carboxylic acids is 1. The maximum absolute atomic E-state index is 12.5. The molecule has 1 amide bonds. The number of benzene rings is 2. The number of rotatable bonds is 2. The van der Waals surface area contributed by atoms with Gasteiger partial charge in [-0.1, -0.05) is 30.3 Å². The minimum atomic E-state index is -0.0759. The van der Waals surface area contributed by atoms with Gasteiger partial charge in [-0.3, -0.25) is 4.79 Å². The van der Waals surface area contributed by atoms with Gasteiger partial charge in [0.05, 0.1) is 17.5 Å². The number of nitrogen functional groups attached to an aromatic ring is 1. The van der Waals surface area contributed by atoms with Crippen LogP contribution in [0.3, 0.4) is 0 Å². The molecule has 102 valence electrons. The second-order valence-corrected chi connectivity index (χ2v) is 6.28. The van der Waals surface area contributed by atoms with Crippen LogP contribution < -0.4 is 10.6 Å². The van der Waals surface area contributed by atoms with Gasteiger partial charge in [0.25, 0.3) is 0 Å². The lowest BCUT2D eigenvalue weighted by Crippen LogP contribution is -2.39. The summed E-state index contributed by atoms with van der Waals surface area (Å²) in [4.78, 5) is 15.4. The number of amides is 1. The van der Waals surface area contributed by atoms with Crippen molar-refractivity contribution in [1.82, 2.24) is 0 Å². The van der Waals surface area contributed by atoms with Gasteiger partial charge in [-0.15, -0.1) is 11.8 Å². The van der Waals surface area contributed by atoms with E-state index >= 15 is 0 Å². The molecular weight excluding hydrogens is 268 g/mol. The topological polar surface area (TPSA) is 46.3 Å². The SMILES string of the molecule is CC1Sc2cc(N)ccc2N(Cc2ccccc2)C1=O. The van der Waals surface area contributed by atoms with Crippen LogP contribution in [-0.2, 0) is 11.3 Å². The lowest BCUT2D eigenvalue weighted by molar-refractivity contribution is -0.118. The zero-order valence-electron chi connectivity index (χ0n) is 11.2. The standard InChI is InChI=1S/C16H16N2OS/c1-11-16(19)18(10-12-5-3-2-4-6-12)14-8-7-13(17)9-15(14)20-11/h2-9,11H,10,17H2,1H3. The maximum atomic E-state index is 12.5. The molecule has 2 N–H and O–H groups in total. The molecule has 0 aliphatic carbocycles. The fourth-order valence-corrected chi connectivity index (χ4v) is 3.47. The summed E-state index contributed by atoms with van der Waals surface area (Å²) in [5.74, 6) is 0.149. The lowest BCUT2D eigenvalue weighted by Gasteiger charge is -2.32. The molecule has 1 aliphatic heterocycles. The average molecular weight is 284 g/mol. The van der Waals surface area contributed by atoms with Crippen LogP contribution in [0.15, 0.2) is 53.4 Å². The third-order valence-corrected chi connectivity index (χ3v) is 4.51. The molecule has 2 aromatic carbocycles. The van der Waals surface area contributed by atoms with E-state index in [-0.39, 0.29) is 11.2 Å². The van der Waals surface area contributed by atoms with E-state index in [4.69, 9.17) is 5.73 Å². The minimum Gasteiger partial charge on any atom is -0.399 e. The Morgan fingerprint density at radius 3 is 2.70 bits per heavy atom. The highest BCUT2D eigenvalue weighted by atomic mass is 32.2. The number of carbonyl (C=O) groups is 1. The van der Waals surface area contributed by atoms with E-state index < -0.39 is 0 Å². The van der Waals surface area contributed by atoms with E-state index in [1.165, 1.54) is 0 Å². The van der Waals surface area contributed by atoms with Crippen LogP contribution in [-0.4, -0.2) is 11.2 Å². The summed E-state index contributed by atoms with van der Waals surface area (Å²) < 4.78 is 0. The average Bonchev–Trinajstić information content (AvgIpc) is 2.45. The van der Waals surface area contributed by atoms with Gasteiger partial charge in [-0.2, -0.15) is 0 Å². The molecule has 1 atom stereocenters. The molecule has 0 aromatic heterocycles. The molecule has 2 aromatic rings. The van der Waals surface area contributed by atoms with Crippen molar-refractivity contribution in [3.8, 4) is 0 Å². The summed E-state index contributed by atoms with van der Waals surface area (Å²) >= 11 is 1.58. The van der Waals surface area contributed by atoms with Crippen molar-refractivity contribution in [3.05, 3.63) is 54.1 Å². The summed E-state index contributed by atoms with van der Waals surface area (Å²) in [5.41, 5.74) is 8.66. The second kappa shape index (κ2) is 5.21. The van der Waals surface area contributed by atoms with E-state index in [0.29, 0.717) is 6.54 Å². The van der Waals surface area contributed by atoms with Gasteiger partial charge in [-0.25, -0.2) is 0 Å². The highest BCUT2D eigenvalue weighted by molar-refractivity contribution is 8.01. The predicted molar refractivity (Wildman–Crippen MR) is 83.8 cm³/mol. The number of anilines is 2. The summed E-state index contributed by atoms with van der Waals surface area (Å²) in [6, 6.07) is 15.8. The first-order valence-corrected chi connectivity index (χ1v) is 7.44. The van der Waals surface area contributed by atoms with Gasteiger partial charge in [-0.05, 0) is 30.7 Å². The van der Waals surface area contributed by atoms with E-state index in [1.807, 2.05) is 60.4 Å². The quantitative estimate of drug-likeness (QED) is 0.861. The lowest BCUT2D eigenvalue weighted by atomic mass is 10.1. The zero-order valence-corrected chi connectivity index (χ0v) is 12.1. The molecule has 1 unspecified atom stereocenters. The van der Waals surface area contributed by atoms with Crippen molar-refractivity contribution in [2.24, 2.45) is 0 Å². The molecule has 3 rings (SSSR count). The van der Waals surface area contributed by atoms with E-state index in [0.717, 1.165) is 21.8 Å². The van der Waals surface area contributed by atoms with Crippen molar-refractivity contribution >= 4 is 29.0 Å². The second-order valence-electron chi connectivity index (χ2n) is 4.90. The van der Waals surface area contributed by atoms with Crippen molar-refractivity contribution < 1.29 is 4.79 Å². The number of nitrogens with zero attached hydrogens (tertiary/aromatic N) is 1. The summed E-state index contributed by atoms with van der Waals surface area (Å²) in [6.45, 7) is 2.54. The normalized spacial score (nSPS) is 17.9. The molecule has 0 spiro atoms. The summed E-state index contributed by atoms with van der Waals surface area (Å²) in [6.07, 6.45) is 0. The van der Waals surface area contributed by atoms with Gasteiger partial charge in [0.2, 0.25) is 5.91 Å². The fourth-order valence-electron chi connectivity index (χ4n) is 2.36. The van der Waals surface area contributed by atoms with Crippen LogP contribution in [0.25, 0.3) is 0 Å². The highest BCUT2D eigenvalue weighted by Gasteiger charge is 2.30. The molecule has 0 saturated heterocycles. The fraction of sp³-hybridized carbons (Fsp3) is 0.188. The molecule has 0 radical (unpaired) electrons. The first kappa shape index (κ1) is 13.1. The monoisotopic (exact) mass is 284 g/mol. The third kappa shape index (κ3) is 2.39. The van der Waals surface area contributed by atoms with Crippen molar-refractivity contribution in [1.29, 1.82) is 0 Å². The molecule has 3 nitrogen and oxygen atoms in total. The van der Waals surface area contributed by atoms with Crippen LogP contribution >= 0.6 is 11.8 Å². The third-order valence-electron chi connectivity index (χ3n) is 3.38. The Bertz CT molecular complexity index is 642. The maximum Gasteiger partial charge on any atom is 0.240 e. The number of hydrogen-bond acceptors (Lipinski definition) is 3. The van der Waals surface area contributed by atoms with E-state index in [9.17, 15) is 4.79 Å². The molecule has 0 saturated carbocycles. The molecule has 20 heavy (non-hydrogen) atoms. The van der Waals surface area contributed by atoms with Gasteiger partial charge < -0.3 is 10.6 Å². The van der Waals surface area contributed by atoms with Crippen LogP contribution in [0.2, 0.25) is 0 Å². The Morgan fingerprint density at radius 2 is 1.95 bits per heavy atom. The molecular formula is C16H16N2OS. The Balaban J connectivity index is 1.99. The highest BCUT2D eigenvalue weighted by Crippen LogP contribution is 2.40. The molecule has 4 heteroatoms. The van der Waals surface area contributed by atoms with Crippen LogP contribution in [0, 0.1) is 0 Å². The number of thioether (sulfide) groups is 1. The first-order valence-electron chi connectivity index (χ1n) is 6.56. The molecule has 0 fully saturated rings. The Hall–Kier alpha value is -1.94. The minimum absolute atomic E-state index is 0.0759. The molecule has 1 heterocycles. The van der Waals surface area contributed by atoms with E-state index in [2.05, 4.69) is 0 Å². The Morgan fingerprint density at radius 1 is 1.20 bits per heavy atom. The smallest absolute Gasteiger partial charge is 0.240 e. The van der Waals surface area contributed by atoms with Crippen molar-refractivity contribution in [2.75, 3.05) is 10.6 Å². The van der Waals surface area contributed by atoms with Gasteiger partial charge in [0, 0.05) is 10.6 Å². The van der Waals surface area contributed by atoms with Gasteiger partial charge in [0.1, 0.15) is 0 Å². The summed E-state index contributed by atoms with van der Waals surface area (Å²) in [5, 5.41) is -0.0759. The number of hydrogen-bond donors (Lipinski definition) is 1. The first-order chi connectivity index (χ1) is 9.65. The van der Waals surface area contributed by atoms with Crippen LogP contribution in [0.4, 0.5) is 11.4 Å². The Labute approximate surface area is 122 Å². The Kier molecular flexibility index (Phi) is 3.40. The molecule has 0 bridgehead atoms. The van der Waals surface area contributed by atoms with Crippen molar-refractivity contribution in [2.45, 2.75) is 23.6 Å². The van der Waals surface area contributed by atoms with Gasteiger partial charge in [0.15, 0.2) is 0 Å². The molecule has 1 aliphatic rings. The predicted octanol–water partition coefficient (Wildman–Crippen LogP) is 3.30. The summed E-state index contributed by atoms with van der Waals surface area (Å²) in [7, 11) is 0. The zero-order chi connectivity index (χ0) is 14.1. The number of fused-ring (bicyclic) bond motifs is 1. The van der Waals surface area contributed by atoms with E-state index in [1.54, 1.807) is 11.8 Å². The number of nitrogens with two attached hydrogens (primary N) is 1. The van der Waals surface area contributed by atoms with Crippen LogP contribution in [0.5, 0.6) is 0 Å². The van der Waals surface area contributed by atoms with Crippen molar-refractivity contribution in [3.63, 3.8) is 0 Å². The van der Waals surface area contributed by atoms with Crippen LogP contribution in [0.1, 0.15) is 12.5 Å². The van der Waals surface area contributed by atoms with Gasteiger partial charge >= 0.3 is 0 Å². The largest absolute Gasteiger partial charge is 0.399 e.